The van der Waals surface area contributed by atoms with Gasteiger partial charge in [0.25, 0.3) is 0 Å². The molecule has 1 saturated heterocycles. The second-order valence-electron chi connectivity index (χ2n) is 5.67. The highest BCUT2D eigenvalue weighted by Crippen LogP contribution is 2.30. The van der Waals surface area contributed by atoms with Crippen LogP contribution >= 0.6 is 45.8 Å². The molecule has 1 aromatic rings. The van der Waals surface area contributed by atoms with Crippen LogP contribution in [0.1, 0.15) is 12.8 Å². The van der Waals surface area contributed by atoms with Crippen molar-refractivity contribution >= 4 is 67.4 Å². The first-order chi connectivity index (χ1) is 11.7. The van der Waals surface area contributed by atoms with Crippen molar-refractivity contribution in [2.75, 3.05) is 25.0 Å². The van der Waals surface area contributed by atoms with Crippen molar-refractivity contribution in [3.05, 3.63) is 37.7 Å². The Morgan fingerprint density at radius 1 is 1.32 bits per heavy atom. The number of piperidine rings is 1. The van der Waals surface area contributed by atoms with Gasteiger partial charge in [0, 0.05) is 28.1 Å². The normalized spacial score (nSPS) is 16.6. The van der Waals surface area contributed by atoms with Crippen LogP contribution in [0.15, 0.2) is 24.1 Å². The van der Waals surface area contributed by atoms with Gasteiger partial charge < -0.3 is 5.32 Å². The molecule has 1 heterocycles. The summed E-state index contributed by atoms with van der Waals surface area (Å²) in [6.45, 7) is 4.78. The van der Waals surface area contributed by atoms with E-state index in [0.29, 0.717) is 41.7 Å². The number of anilines is 1. The van der Waals surface area contributed by atoms with Crippen LogP contribution in [-0.4, -0.2) is 44.9 Å². The molecule has 1 aliphatic heterocycles. The monoisotopic (exact) mass is 517 g/mol. The number of halogens is 3. The number of hydrogen-bond acceptors (Lipinski definition) is 4. The smallest absolute Gasteiger partial charge is 0.238 e. The summed E-state index contributed by atoms with van der Waals surface area (Å²) >= 11 is 14.0. The maximum atomic E-state index is 12.2. The number of benzene rings is 1. The van der Waals surface area contributed by atoms with Crippen molar-refractivity contribution in [3.8, 4) is 0 Å². The number of hydrogen-bond donors (Lipinski definition) is 2. The number of amides is 1. The SMILES string of the molecule is C=CS(=O)(=O)NC1CCN(CC(=O)Nc2cc(Cl)c(Cl)cc2I)CC1. The van der Waals surface area contributed by atoms with Crippen LogP contribution < -0.4 is 10.0 Å². The second kappa shape index (κ2) is 9.01. The Balaban J connectivity index is 1.85. The van der Waals surface area contributed by atoms with Crippen molar-refractivity contribution in [1.29, 1.82) is 0 Å². The van der Waals surface area contributed by atoms with Crippen molar-refractivity contribution < 1.29 is 13.2 Å². The Bertz CT molecular complexity index is 766. The molecule has 1 amide bonds. The zero-order valence-corrected chi connectivity index (χ0v) is 17.8. The first-order valence-corrected chi connectivity index (χ1v) is 10.9. The number of sulfonamides is 1. The second-order valence-corrected chi connectivity index (χ2v) is 9.31. The maximum absolute atomic E-state index is 12.2. The number of nitrogens with zero attached hydrogens (tertiary/aromatic N) is 1. The van der Waals surface area contributed by atoms with E-state index >= 15 is 0 Å². The van der Waals surface area contributed by atoms with E-state index in [1.54, 1.807) is 12.1 Å². The molecule has 0 aliphatic carbocycles. The Morgan fingerprint density at radius 2 is 1.92 bits per heavy atom. The average molecular weight is 518 g/mol. The average Bonchev–Trinajstić information content (AvgIpc) is 2.54. The minimum atomic E-state index is -3.42. The van der Waals surface area contributed by atoms with Crippen LogP contribution in [-0.2, 0) is 14.8 Å². The molecule has 0 aromatic heterocycles. The highest BCUT2D eigenvalue weighted by atomic mass is 127. The first kappa shape index (κ1) is 20.9. The summed E-state index contributed by atoms with van der Waals surface area (Å²) in [6.07, 6.45) is 1.29. The van der Waals surface area contributed by atoms with Gasteiger partial charge in [0.05, 0.1) is 22.3 Å². The number of carbonyl (C=O) groups excluding carboxylic acids is 1. The first-order valence-electron chi connectivity index (χ1n) is 7.51. The number of likely N-dealkylation sites (tertiary alicyclic amines) is 1. The topological polar surface area (TPSA) is 78.5 Å². The highest BCUT2D eigenvalue weighted by Gasteiger charge is 2.23. The van der Waals surface area contributed by atoms with Gasteiger partial charge in [-0.05, 0) is 47.6 Å². The Labute approximate surface area is 171 Å². The van der Waals surface area contributed by atoms with Crippen LogP contribution in [0, 0.1) is 3.57 Å². The fourth-order valence-corrected chi connectivity index (χ4v) is 4.41. The molecule has 138 valence electrons. The van der Waals surface area contributed by atoms with Gasteiger partial charge >= 0.3 is 0 Å². The third-order valence-electron chi connectivity index (χ3n) is 3.79. The standard InChI is InChI=1S/C15H18Cl2IN3O3S/c1-2-25(23,24)20-10-3-5-21(6-4-10)9-15(22)19-14-8-12(17)11(16)7-13(14)18/h2,7-8,10,20H,1,3-6,9H2,(H,19,22). The zero-order chi connectivity index (χ0) is 18.6. The molecular weight excluding hydrogens is 500 g/mol. The summed E-state index contributed by atoms with van der Waals surface area (Å²) in [5.41, 5.74) is 0.619. The zero-order valence-electron chi connectivity index (χ0n) is 13.3. The third-order valence-corrected chi connectivity index (χ3v) is 6.50. The molecule has 0 atom stereocenters. The van der Waals surface area contributed by atoms with Gasteiger partial charge in [-0.25, -0.2) is 13.1 Å². The summed E-state index contributed by atoms with van der Waals surface area (Å²) in [5, 5.41) is 4.56. The van der Waals surface area contributed by atoms with Crippen LogP contribution in [0.2, 0.25) is 10.0 Å². The van der Waals surface area contributed by atoms with E-state index in [1.807, 2.05) is 4.90 Å². The minimum absolute atomic E-state index is 0.127. The fourth-order valence-electron chi connectivity index (χ4n) is 2.50. The molecule has 0 spiro atoms. The molecule has 25 heavy (non-hydrogen) atoms. The minimum Gasteiger partial charge on any atom is -0.324 e. The van der Waals surface area contributed by atoms with Gasteiger partial charge in [-0.1, -0.05) is 29.8 Å². The van der Waals surface area contributed by atoms with E-state index in [1.165, 1.54) is 0 Å². The van der Waals surface area contributed by atoms with E-state index < -0.39 is 10.0 Å². The van der Waals surface area contributed by atoms with Crippen LogP contribution in [0.5, 0.6) is 0 Å². The summed E-state index contributed by atoms with van der Waals surface area (Å²) in [5.74, 6) is -0.151. The van der Waals surface area contributed by atoms with Crippen molar-refractivity contribution in [2.24, 2.45) is 0 Å². The van der Waals surface area contributed by atoms with E-state index in [4.69, 9.17) is 23.2 Å². The van der Waals surface area contributed by atoms with E-state index in [9.17, 15) is 13.2 Å². The van der Waals surface area contributed by atoms with Crippen molar-refractivity contribution in [2.45, 2.75) is 18.9 Å². The summed E-state index contributed by atoms with van der Waals surface area (Å²) in [6, 6.07) is 3.19. The molecule has 2 rings (SSSR count). The largest absolute Gasteiger partial charge is 0.324 e. The lowest BCUT2D eigenvalue weighted by Crippen LogP contribution is -2.46. The lowest BCUT2D eigenvalue weighted by atomic mass is 10.1. The molecule has 10 heteroatoms. The number of carbonyl (C=O) groups is 1. The van der Waals surface area contributed by atoms with Gasteiger partial charge in [-0.2, -0.15) is 0 Å². The Morgan fingerprint density at radius 3 is 2.52 bits per heavy atom. The van der Waals surface area contributed by atoms with Gasteiger partial charge in [-0.15, -0.1) is 0 Å². The lowest BCUT2D eigenvalue weighted by molar-refractivity contribution is -0.117. The predicted octanol–water partition coefficient (Wildman–Crippen LogP) is 3.06. The van der Waals surface area contributed by atoms with E-state index in [0.717, 1.165) is 8.98 Å². The Kier molecular flexibility index (Phi) is 7.53. The summed E-state index contributed by atoms with van der Waals surface area (Å²) in [4.78, 5) is 14.2. The highest BCUT2D eigenvalue weighted by molar-refractivity contribution is 14.1. The molecule has 6 nitrogen and oxygen atoms in total. The van der Waals surface area contributed by atoms with Crippen molar-refractivity contribution in [1.82, 2.24) is 9.62 Å². The molecule has 0 radical (unpaired) electrons. The molecule has 0 unspecified atom stereocenters. The van der Waals surface area contributed by atoms with Gasteiger partial charge in [0.1, 0.15) is 0 Å². The third kappa shape index (κ3) is 6.37. The molecule has 1 aliphatic rings. The quantitative estimate of drug-likeness (QED) is 0.449. The summed E-state index contributed by atoms with van der Waals surface area (Å²) in [7, 11) is -3.42. The number of rotatable bonds is 6. The van der Waals surface area contributed by atoms with Crippen LogP contribution in [0.25, 0.3) is 0 Å². The summed E-state index contributed by atoms with van der Waals surface area (Å²) < 4.78 is 26.4. The van der Waals surface area contributed by atoms with Crippen molar-refractivity contribution in [3.63, 3.8) is 0 Å². The molecule has 1 fully saturated rings. The Hall–Kier alpha value is -0.390. The van der Waals surface area contributed by atoms with E-state index in [-0.39, 0.29) is 18.5 Å². The predicted molar refractivity (Wildman–Crippen MR) is 110 cm³/mol. The number of nitrogens with one attached hydrogen (secondary N) is 2. The molecular formula is C15H18Cl2IN3O3S. The molecule has 1 aromatic carbocycles. The molecule has 2 N–H and O–H groups in total. The molecule has 0 bridgehead atoms. The van der Waals surface area contributed by atoms with E-state index in [2.05, 4.69) is 39.2 Å². The fraction of sp³-hybridized carbons (Fsp3) is 0.400. The van der Waals surface area contributed by atoms with Gasteiger partial charge in [0.2, 0.25) is 15.9 Å². The van der Waals surface area contributed by atoms with Gasteiger partial charge in [0.15, 0.2) is 0 Å². The molecule has 0 saturated carbocycles. The van der Waals surface area contributed by atoms with Crippen LogP contribution in [0.3, 0.4) is 0 Å². The van der Waals surface area contributed by atoms with Gasteiger partial charge in [-0.3, -0.25) is 9.69 Å². The van der Waals surface area contributed by atoms with Crippen LogP contribution in [0.4, 0.5) is 5.69 Å². The maximum Gasteiger partial charge on any atom is 0.238 e. The lowest BCUT2D eigenvalue weighted by Gasteiger charge is -2.31.